The zero-order chi connectivity index (χ0) is 27.9. The highest BCUT2D eigenvalue weighted by Crippen LogP contribution is 2.51. The van der Waals surface area contributed by atoms with E-state index in [0.717, 1.165) is 49.5 Å². The molecule has 3 amide bonds. The van der Waals surface area contributed by atoms with Gasteiger partial charge in [0.2, 0.25) is 5.91 Å². The van der Waals surface area contributed by atoms with Gasteiger partial charge in [-0.1, -0.05) is 12.1 Å². The maximum absolute atomic E-state index is 12.7. The second-order valence-corrected chi connectivity index (χ2v) is 11.8. The van der Waals surface area contributed by atoms with E-state index < -0.39 is 11.2 Å². The lowest BCUT2D eigenvalue weighted by Crippen LogP contribution is -2.58. The summed E-state index contributed by atoms with van der Waals surface area (Å²) in [5.41, 5.74) is 12.3. The predicted molar refractivity (Wildman–Crippen MR) is 157 cm³/mol. The molecule has 3 atom stereocenters. The molecule has 1 aromatic heterocycles. The first-order chi connectivity index (χ1) is 18.5. The van der Waals surface area contributed by atoms with Crippen molar-refractivity contribution in [1.82, 2.24) is 24.3 Å². The highest BCUT2D eigenvalue weighted by molar-refractivity contribution is 5.89. The van der Waals surface area contributed by atoms with E-state index in [2.05, 4.69) is 34.3 Å². The van der Waals surface area contributed by atoms with Crippen molar-refractivity contribution in [2.45, 2.75) is 38.8 Å². The molecule has 2 aromatic rings. The SMILES string of the molecule is C[C@@H](Cc1ccc(-n2ccc(NC(=O)N3CCN(C(=O)C(C)(C)N)CC3)nc2=O)cc1)N1CC2C(CN)C2C1.Cl. The van der Waals surface area contributed by atoms with Crippen LogP contribution < -0.4 is 22.5 Å². The molecule has 0 spiro atoms. The van der Waals surface area contributed by atoms with E-state index in [-0.39, 0.29) is 30.2 Å². The molecule has 0 radical (unpaired) electrons. The number of hydrogen-bond acceptors (Lipinski definition) is 7. The molecular formula is C28H41ClN8O3. The van der Waals surface area contributed by atoms with Crippen LogP contribution in [0.15, 0.2) is 41.3 Å². The smallest absolute Gasteiger partial charge is 0.338 e. The number of piperidine rings is 1. The van der Waals surface area contributed by atoms with E-state index >= 15 is 0 Å². The summed E-state index contributed by atoms with van der Waals surface area (Å²) >= 11 is 0. The summed E-state index contributed by atoms with van der Waals surface area (Å²) in [5, 5.41) is 2.70. The molecule has 12 heteroatoms. The second-order valence-electron chi connectivity index (χ2n) is 11.8. The Morgan fingerprint density at radius 1 is 1.05 bits per heavy atom. The highest BCUT2D eigenvalue weighted by atomic mass is 35.5. The average Bonchev–Trinajstić information content (AvgIpc) is 3.38. The van der Waals surface area contributed by atoms with Crippen molar-refractivity contribution in [2.75, 3.05) is 51.1 Å². The zero-order valence-electron chi connectivity index (χ0n) is 23.5. The lowest BCUT2D eigenvalue weighted by molar-refractivity contribution is -0.137. The van der Waals surface area contributed by atoms with Crippen LogP contribution in [0.1, 0.15) is 26.3 Å². The molecule has 2 aliphatic heterocycles. The summed E-state index contributed by atoms with van der Waals surface area (Å²) in [6, 6.07) is 9.70. The van der Waals surface area contributed by atoms with Gasteiger partial charge in [0.15, 0.2) is 0 Å². The number of anilines is 1. The summed E-state index contributed by atoms with van der Waals surface area (Å²) in [6.45, 7) is 10.3. The minimum absolute atomic E-state index is 0. The molecule has 5 rings (SSSR count). The third kappa shape index (κ3) is 6.33. The van der Waals surface area contributed by atoms with Crippen molar-refractivity contribution in [3.63, 3.8) is 0 Å². The number of piperazine rings is 1. The minimum Gasteiger partial charge on any atom is -0.338 e. The fourth-order valence-electron chi connectivity index (χ4n) is 6.03. The van der Waals surface area contributed by atoms with Gasteiger partial charge < -0.3 is 21.3 Å². The number of benzene rings is 1. The standard InChI is InChI=1S/C28H40N8O3.ClH/c1-18(35-16-22-21(15-29)23(22)17-35)14-19-4-6-20(7-5-19)36-9-8-24(32-27(36)39)31-26(38)34-12-10-33(11-13-34)25(37)28(2,3)30;/h4-9,18,21-23H,10-17,29-30H2,1-3H3,(H,31,32,38,39);1H/t18-,21?,22?,23?;/m0./s1. The Morgan fingerprint density at radius 2 is 1.65 bits per heavy atom. The van der Waals surface area contributed by atoms with Gasteiger partial charge >= 0.3 is 11.7 Å². The topological polar surface area (TPSA) is 143 Å². The molecule has 1 saturated carbocycles. The van der Waals surface area contributed by atoms with Gasteiger partial charge in [-0.2, -0.15) is 4.98 Å². The van der Waals surface area contributed by atoms with Gasteiger partial charge in [0.1, 0.15) is 5.82 Å². The van der Waals surface area contributed by atoms with Crippen LogP contribution in [0.4, 0.5) is 10.6 Å². The normalized spacial score (nSPS) is 23.3. The van der Waals surface area contributed by atoms with Crippen LogP contribution in [0.25, 0.3) is 5.69 Å². The molecule has 40 heavy (non-hydrogen) atoms. The van der Waals surface area contributed by atoms with Gasteiger partial charge in [-0.15, -0.1) is 12.4 Å². The van der Waals surface area contributed by atoms with Gasteiger partial charge in [-0.25, -0.2) is 9.59 Å². The van der Waals surface area contributed by atoms with E-state index in [4.69, 9.17) is 11.5 Å². The Balaban J connectivity index is 0.00000370. The van der Waals surface area contributed by atoms with Crippen LogP contribution in [0.5, 0.6) is 0 Å². The number of amides is 3. The van der Waals surface area contributed by atoms with Gasteiger partial charge in [0.05, 0.1) is 11.2 Å². The first kappa shape index (κ1) is 30.0. The van der Waals surface area contributed by atoms with Crippen molar-refractivity contribution in [2.24, 2.45) is 29.2 Å². The fraction of sp³-hybridized carbons (Fsp3) is 0.571. The molecule has 218 valence electrons. The summed E-state index contributed by atoms with van der Waals surface area (Å²) in [6.07, 6.45) is 2.57. The van der Waals surface area contributed by atoms with Crippen LogP contribution >= 0.6 is 12.4 Å². The van der Waals surface area contributed by atoms with E-state index in [9.17, 15) is 14.4 Å². The largest absolute Gasteiger partial charge is 0.354 e. The maximum atomic E-state index is 12.7. The van der Waals surface area contributed by atoms with Crippen molar-refractivity contribution in [3.8, 4) is 5.69 Å². The number of urea groups is 1. The number of fused-ring (bicyclic) bond motifs is 1. The number of carbonyl (C=O) groups is 2. The Hall–Kier alpha value is -2.99. The van der Waals surface area contributed by atoms with Crippen LogP contribution in [0.3, 0.4) is 0 Å². The summed E-state index contributed by atoms with van der Waals surface area (Å²) in [7, 11) is 0. The van der Waals surface area contributed by atoms with E-state index in [1.54, 1.807) is 35.9 Å². The summed E-state index contributed by atoms with van der Waals surface area (Å²) in [5.74, 6) is 2.36. The molecular weight excluding hydrogens is 532 g/mol. The lowest BCUT2D eigenvalue weighted by atomic mass is 10.0. The number of nitrogens with two attached hydrogens (primary N) is 2. The number of nitrogens with one attached hydrogen (secondary N) is 1. The van der Waals surface area contributed by atoms with Crippen molar-refractivity contribution in [3.05, 3.63) is 52.6 Å². The third-order valence-electron chi connectivity index (χ3n) is 8.48. The second kappa shape index (κ2) is 11.9. The third-order valence-corrected chi connectivity index (χ3v) is 8.48. The maximum Gasteiger partial charge on any atom is 0.354 e. The molecule has 1 aliphatic carbocycles. The van der Waals surface area contributed by atoms with Crippen LogP contribution in [-0.4, -0.2) is 93.6 Å². The number of rotatable bonds is 7. The number of carbonyl (C=O) groups excluding carboxylic acids is 2. The Labute approximate surface area is 241 Å². The van der Waals surface area contributed by atoms with Crippen LogP contribution in [-0.2, 0) is 11.2 Å². The molecule has 5 N–H and O–H groups in total. The highest BCUT2D eigenvalue weighted by Gasteiger charge is 2.55. The summed E-state index contributed by atoms with van der Waals surface area (Å²) in [4.78, 5) is 47.7. The number of halogens is 1. The van der Waals surface area contributed by atoms with Gasteiger partial charge in [0.25, 0.3) is 0 Å². The number of nitrogens with zero attached hydrogens (tertiary/aromatic N) is 5. The predicted octanol–water partition coefficient (Wildman–Crippen LogP) is 1.14. The molecule has 11 nitrogen and oxygen atoms in total. The monoisotopic (exact) mass is 572 g/mol. The average molecular weight is 573 g/mol. The van der Waals surface area contributed by atoms with Crippen LogP contribution in [0, 0.1) is 17.8 Å². The molecule has 3 heterocycles. The van der Waals surface area contributed by atoms with Crippen molar-refractivity contribution < 1.29 is 9.59 Å². The quantitative estimate of drug-likeness (QED) is 0.451. The van der Waals surface area contributed by atoms with Gasteiger partial charge in [-0.05, 0) is 75.3 Å². The fourth-order valence-corrected chi connectivity index (χ4v) is 6.03. The van der Waals surface area contributed by atoms with E-state index in [1.165, 1.54) is 10.1 Å². The zero-order valence-corrected chi connectivity index (χ0v) is 24.3. The van der Waals surface area contributed by atoms with Crippen molar-refractivity contribution >= 4 is 30.2 Å². The molecule has 2 unspecified atom stereocenters. The number of aromatic nitrogens is 2. The molecule has 3 fully saturated rings. The molecule has 3 aliphatic rings. The first-order valence-corrected chi connectivity index (χ1v) is 13.8. The van der Waals surface area contributed by atoms with E-state index in [1.807, 2.05) is 12.1 Å². The minimum atomic E-state index is -0.945. The first-order valence-electron chi connectivity index (χ1n) is 13.8. The van der Waals surface area contributed by atoms with Crippen molar-refractivity contribution in [1.29, 1.82) is 0 Å². The lowest BCUT2D eigenvalue weighted by Gasteiger charge is -2.37. The Morgan fingerprint density at radius 3 is 2.20 bits per heavy atom. The van der Waals surface area contributed by atoms with E-state index in [0.29, 0.717) is 32.2 Å². The summed E-state index contributed by atoms with van der Waals surface area (Å²) < 4.78 is 1.46. The Kier molecular flexibility index (Phi) is 8.89. The Bertz CT molecular complexity index is 1260. The number of hydrogen-bond donors (Lipinski definition) is 3. The number of likely N-dealkylation sites (tertiary alicyclic amines) is 1. The molecule has 0 bridgehead atoms. The molecule has 2 saturated heterocycles. The molecule has 1 aromatic carbocycles. The van der Waals surface area contributed by atoms with Crippen LogP contribution in [0.2, 0.25) is 0 Å². The van der Waals surface area contributed by atoms with Gasteiger partial charge in [-0.3, -0.25) is 19.6 Å². The van der Waals surface area contributed by atoms with Gasteiger partial charge in [0, 0.05) is 51.5 Å².